The summed E-state index contributed by atoms with van der Waals surface area (Å²) in [7, 11) is -2.85. The average Bonchev–Trinajstić information content (AvgIpc) is 2.30. The minimum absolute atomic E-state index is 0.0399. The Balaban J connectivity index is 4.43. The number of rotatable bonds is 9. The normalized spacial score (nSPS) is 16.0. The molecule has 4 heteroatoms. The molecule has 0 radical (unpaired) electrons. The zero-order valence-corrected chi connectivity index (χ0v) is 11.8. The summed E-state index contributed by atoms with van der Waals surface area (Å²) < 4.78 is 23.0. The molecule has 1 atom stereocenters. The molecule has 0 aliphatic carbocycles. The van der Waals surface area contributed by atoms with Crippen molar-refractivity contribution in [3.63, 3.8) is 0 Å². The minimum atomic E-state index is -2.85. The van der Waals surface area contributed by atoms with Gasteiger partial charge in [0.05, 0.1) is 5.75 Å². The molecule has 2 N–H and O–H groups in total. The molecular formula is C12H27NO2S. The highest BCUT2D eigenvalue weighted by molar-refractivity contribution is 7.91. The molecule has 0 rings (SSSR count). The molecule has 0 aromatic heterocycles. The molecule has 0 aliphatic heterocycles. The van der Waals surface area contributed by atoms with Gasteiger partial charge in [0.2, 0.25) is 0 Å². The molecule has 0 aromatic carbocycles. The second-order valence-corrected chi connectivity index (χ2v) is 7.12. The summed E-state index contributed by atoms with van der Waals surface area (Å²) in [4.78, 5) is 0. The van der Waals surface area contributed by atoms with Crippen LogP contribution in [0.25, 0.3) is 0 Å². The first kappa shape index (κ1) is 15.9. The van der Waals surface area contributed by atoms with Gasteiger partial charge in [0.25, 0.3) is 0 Å². The third-order valence-corrected chi connectivity index (χ3v) is 5.33. The first-order valence-electron chi connectivity index (χ1n) is 6.35. The van der Waals surface area contributed by atoms with Crippen LogP contribution >= 0.6 is 0 Å². The van der Waals surface area contributed by atoms with Gasteiger partial charge in [0, 0.05) is 5.75 Å². The zero-order chi connectivity index (χ0) is 12.7. The first-order valence-corrected chi connectivity index (χ1v) is 8.18. The van der Waals surface area contributed by atoms with Gasteiger partial charge >= 0.3 is 0 Å². The van der Waals surface area contributed by atoms with Gasteiger partial charge < -0.3 is 5.73 Å². The van der Waals surface area contributed by atoms with Crippen molar-refractivity contribution in [2.24, 2.45) is 11.1 Å². The molecule has 0 saturated heterocycles. The maximum Gasteiger partial charge on any atom is 0.150 e. The van der Waals surface area contributed by atoms with Crippen LogP contribution < -0.4 is 5.73 Å². The molecule has 3 nitrogen and oxygen atoms in total. The molecule has 0 heterocycles. The fourth-order valence-corrected chi connectivity index (χ4v) is 2.93. The van der Waals surface area contributed by atoms with Crippen molar-refractivity contribution >= 4 is 9.84 Å². The summed E-state index contributed by atoms with van der Waals surface area (Å²) in [6.45, 7) is 6.57. The van der Waals surface area contributed by atoms with Crippen LogP contribution in [-0.2, 0) is 9.84 Å². The Morgan fingerprint density at radius 2 is 1.75 bits per heavy atom. The summed E-state index contributed by atoms with van der Waals surface area (Å²) in [6, 6.07) is 0. The molecule has 0 aliphatic rings. The van der Waals surface area contributed by atoms with Crippen LogP contribution in [0.4, 0.5) is 0 Å². The van der Waals surface area contributed by atoms with Gasteiger partial charge in [-0.1, -0.05) is 33.6 Å². The molecule has 0 amide bonds. The van der Waals surface area contributed by atoms with Crippen molar-refractivity contribution in [1.82, 2.24) is 0 Å². The lowest BCUT2D eigenvalue weighted by Gasteiger charge is -2.31. The molecule has 0 saturated carbocycles. The van der Waals surface area contributed by atoms with E-state index in [4.69, 9.17) is 5.73 Å². The second kappa shape index (κ2) is 7.28. The van der Waals surface area contributed by atoms with Crippen LogP contribution in [0.2, 0.25) is 0 Å². The van der Waals surface area contributed by atoms with E-state index in [0.29, 0.717) is 6.54 Å². The predicted molar refractivity (Wildman–Crippen MR) is 70.2 cm³/mol. The molecule has 1 unspecified atom stereocenters. The van der Waals surface area contributed by atoms with E-state index in [9.17, 15) is 8.42 Å². The first-order chi connectivity index (χ1) is 7.45. The predicted octanol–water partition coefficient (Wildman–Crippen LogP) is 2.36. The number of unbranched alkanes of at least 4 members (excludes halogenated alkanes) is 1. The molecule has 0 bridgehead atoms. The van der Waals surface area contributed by atoms with E-state index in [-0.39, 0.29) is 16.9 Å². The Morgan fingerprint density at radius 3 is 2.12 bits per heavy atom. The highest BCUT2D eigenvalue weighted by Gasteiger charge is 2.27. The lowest BCUT2D eigenvalue weighted by atomic mass is 9.78. The van der Waals surface area contributed by atoms with Gasteiger partial charge in [0.1, 0.15) is 9.84 Å². The van der Waals surface area contributed by atoms with E-state index in [2.05, 4.69) is 13.8 Å². The van der Waals surface area contributed by atoms with Crippen molar-refractivity contribution in [1.29, 1.82) is 0 Å². The summed E-state index contributed by atoms with van der Waals surface area (Å²) >= 11 is 0. The van der Waals surface area contributed by atoms with Crippen LogP contribution in [0, 0.1) is 5.41 Å². The molecule has 0 fully saturated rings. The summed E-state index contributed by atoms with van der Waals surface area (Å²) in [5.41, 5.74) is 5.87. The Bertz CT molecular complexity index is 269. The lowest BCUT2D eigenvalue weighted by Crippen LogP contribution is -2.32. The smallest absolute Gasteiger partial charge is 0.150 e. The monoisotopic (exact) mass is 249 g/mol. The van der Waals surface area contributed by atoms with Crippen LogP contribution in [0.15, 0.2) is 0 Å². The largest absolute Gasteiger partial charge is 0.330 e. The Kier molecular flexibility index (Phi) is 7.24. The maximum absolute atomic E-state index is 11.5. The average molecular weight is 249 g/mol. The van der Waals surface area contributed by atoms with Gasteiger partial charge in [0.15, 0.2) is 0 Å². The van der Waals surface area contributed by atoms with E-state index in [1.54, 1.807) is 6.92 Å². The van der Waals surface area contributed by atoms with E-state index in [0.717, 1.165) is 32.1 Å². The Labute approximate surface area is 101 Å². The van der Waals surface area contributed by atoms with Gasteiger partial charge in [-0.25, -0.2) is 8.42 Å². The highest BCUT2D eigenvalue weighted by atomic mass is 32.2. The molecular weight excluding hydrogens is 222 g/mol. The molecule has 16 heavy (non-hydrogen) atoms. The maximum atomic E-state index is 11.5. The van der Waals surface area contributed by atoms with Gasteiger partial charge in [-0.15, -0.1) is 0 Å². The van der Waals surface area contributed by atoms with Crippen molar-refractivity contribution in [3.05, 3.63) is 0 Å². The standard InChI is InChI=1S/C12H27NO2S/c1-4-7-8-12(5-2,11-13)9-10-16(14,15)6-3/h4-11,13H2,1-3H3. The minimum Gasteiger partial charge on any atom is -0.330 e. The second-order valence-electron chi connectivity index (χ2n) is 4.65. The van der Waals surface area contributed by atoms with Crippen molar-refractivity contribution < 1.29 is 8.42 Å². The topological polar surface area (TPSA) is 60.2 Å². The summed E-state index contributed by atoms with van der Waals surface area (Å²) in [5.74, 6) is 0.531. The van der Waals surface area contributed by atoms with Gasteiger partial charge in [-0.05, 0) is 31.2 Å². The number of hydrogen-bond donors (Lipinski definition) is 1. The number of nitrogens with two attached hydrogens (primary N) is 1. The van der Waals surface area contributed by atoms with E-state index >= 15 is 0 Å². The molecule has 98 valence electrons. The summed E-state index contributed by atoms with van der Waals surface area (Å²) in [5, 5.41) is 0. The van der Waals surface area contributed by atoms with Crippen LogP contribution in [0.3, 0.4) is 0 Å². The fourth-order valence-electron chi connectivity index (χ4n) is 1.90. The summed E-state index contributed by atoms with van der Waals surface area (Å²) in [6.07, 6.45) is 5.02. The van der Waals surface area contributed by atoms with Gasteiger partial charge in [-0.2, -0.15) is 0 Å². The molecule has 0 aromatic rings. The Hall–Kier alpha value is -0.0900. The molecule has 0 spiro atoms. The van der Waals surface area contributed by atoms with Crippen molar-refractivity contribution in [2.45, 2.75) is 52.9 Å². The third kappa shape index (κ3) is 5.30. The third-order valence-electron chi connectivity index (χ3n) is 3.63. The van der Waals surface area contributed by atoms with Crippen LogP contribution in [0.1, 0.15) is 52.9 Å². The lowest BCUT2D eigenvalue weighted by molar-refractivity contribution is 0.244. The van der Waals surface area contributed by atoms with Crippen molar-refractivity contribution in [3.8, 4) is 0 Å². The van der Waals surface area contributed by atoms with Gasteiger partial charge in [-0.3, -0.25) is 0 Å². The number of sulfone groups is 1. The SMILES string of the molecule is CCCCC(CC)(CN)CCS(=O)(=O)CC. The Morgan fingerprint density at radius 1 is 1.12 bits per heavy atom. The highest BCUT2D eigenvalue weighted by Crippen LogP contribution is 2.32. The van der Waals surface area contributed by atoms with E-state index < -0.39 is 9.84 Å². The zero-order valence-electron chi connectivity index (χ0n) is 11.0. The van der Waals surface area contributed by atoms with Crippen LogP contribution in [-0.4, -0.2) is 26.5 Å². The van der Waals surface area contributed by atoms with Crippen molar-refractivity contribution in [2.75, 3.05) is 18.1 Å². The quantitative estimate of drug-likeness (QED) is 0.682. The van der Waals surface area contributed by atoms with Crippen LogP contribution in [0.5, 0.6) is 0 Å². The number of hydrogen-bond acceptors (Lipinski definition) is 3. The van der Waals surface area contributed by atoms with E-state index in [1.165, 1.54) is 0 Å². The fraction of sp³-hybridized carbons (Fsp3) is 1.00. The van der Waals surface area contributed by atoms with E-state index in [1.807, 2.05) is 0 Å².